The van der Waals surface area contributed by atoms with Crippen molar-refractivity contribution in [1.29, 1.82) is 0 Å². The van der Waals surface area contributed by atoms with Crippen molar-refractivity contribution in [3.63, 3.8) is 0 Å². The molecule has 0 aromatic heterocycles. The van der Waals surface area contributed by atoms with Crippen molar-refractivity contribution in [2.24, 2.45) is 5.41 Å². The predicted octanol–water partition coefficient (Wildman–Crippen LogP) is 2.91. The van der Waals surface area contributed by atoms with Gasteiger partial charge in [0.1, 0.15) is 0 Å². The van der Waals surface area contributed by atoms with Gasteiger partial charge in [0.2, 0.25) is 0 Å². The van der Waals surface area contributed by atoms with E-state index in [1.807, 2.05) is 27.7 Å². The van der Waals surface area contributed by atoms with Gasteiger partial charge in [0, 0.05) is 18.6 Å². The molecule has 0 atom stereocenters. The lowest BCUT2D eigenvalue weighted by Crippen LogP contribution is -2.29. The summed E-state index contributed by atoms with van der Waals surface area (Å²) in [6.45, 7) is 12.1. The molecule has 1 aliphatic heterocycles. The van der Waals surface area contributed by atoms with Crippen LogP contribution in [0.25, 0.3) is 0 Å². The average molecular weight is 215 g/mol. The van der Waals surface area contributed by atoms with Crippen LogP contribution in [0.4, 0.5) is 0 Å². The maximum atomic E-state index is 9.09. The fourth-order valence-electron chi connectivity index (χ4n) is 1.96. The average Bonchev–Trinajstić information content (AvgIpc) is 2.91. The first-order valence-corrected chi connectivity index (χ1v) is 6.68. The highest BCUT2D eigenvalue weighted by molar-refractivity contribution is 4.95. The summed E-state index contributed by atoms with van der Waals surface area (Å²) in [4.78, 5) is 2.50. The molecule has 0 spiro atoms. The fourth-order valence-corrected chi connectivity index (χ4v) is 1.96. The second-order valence-electron chi connectivity index (χ2n) is 4.14. The van der Waals surface area contributed by atoms with Gasteiger partial charge in [-0.3, -0.25) is 0 Å². The minimum Gasteiger partial charge on any atom is -0.396 e. The molecular weight excluding hydrogens is 186 g/mol. The standard InChI is InChI=1S/C9H17NO.2C2H6/c11-8-9(3-4-9)7-10-5-1-2-6-10;2*1-2/h11H,1-8H2;2*1-2H3. The van der Waals surface area contributed by atoms with Crippen molar-refractivity contribution >= 4 is 0 Å². The third-order valence-corrected chi connectivity index (χ3v) is 3.05. The smallest absolute Gasteiger partial charge is 0.0499 e. The molecule has 2 fully saturated rings. The van der Waals surface area contributed by atoms with Crippen LogP contribution < -0.4 is 0 Å². The lowest BCUT2D eigenvalue weighted by Gasteiger charge is -2.20. The molecule has 1 N–H and O–H groups in total. The Hall–Kier alpha value is -0.0800. The van der Waals surface area contributed by atoms with E-state index in [0.717, 1.165) is 6.54 Å². The van der Waals surface area contributed by atoms with Gasteiger partial charge in [0.25, 0.3) is 0 Å². The third kappa shape index (κ3) is 4.98. The van der Waals surface area contributed by atoms with Gasteiger partial charge in [-0.15, -0.1) is 0 Å². The van der Waals surface area contributed by atoms with Crippen LogP contribution in [0.3, 0.4) is 0 Å². The number of likely N-dealkylation sites (tertiary alicyclic amines) is 1. The predicted molar refractivity (Wildman–Crippen MR) is 67.1 cm³/mol. The van der Waals surface area contributed by atoms with Gasteiger partial charge in [-0.2, -0.15) is 0 Å². The Morgan fingerprint density at radius 3 is 1.80 bits per heavy atom. The van der Waals surface area contributed by atoms with Crippen LogP contribution in [0, 0.1) is 5.41 Å². The van der Waals surface area contributed by atoms with E-state index in [1.54, 1.807) is 0 Å². The van der Waals surface area contributed by atoms with Crippen LogP contribution in [-0.4, -0.2) is 36.2 Å². The molecule has 0 bridgehead atoms. The van der Waals surface area contributed by atoms with Gasteiger partial charge in [-0.25, -0.2) is 0 Å². The Morgan fingerprint density at radius 2 is 1.47 bits per heavy atom. The highest BCUT2D eigenvalue weighted by Gasteiger charge is 2.43. The van der Waals surface area contributed by atoms with Crippen LogP contribution in [0.15, 0.2) is 0 Å². The van der Waals surface area contributed by atoms with Crippen molar-refractivity contribution in [2.75, 3.05) is 26.2 Å². The van der Waals surface area contributed by atoms with Crippen LogP contribution in [-0.2, 0) is 0 Å². The first-order valence-electron chi connectivity index (χ1n) is 6.68. The molecule has 1 saturated carbocycles. The van der Waals surface area contributed by atoms with Crippen molar-refractivity contribution < 1.29 is 5.11 Å². The topological polar surface area (TPSA) is 23.5 Å². The molecule has 2 aliphatic rings. The van der Waals surface area contributed by atoms with E-state index in [2.05, 4.69) is 4.90 Å². The molecular formula is C13H29NO. The summed E-state index contributed by atoms with van der Waals surface area (Å²) in [5.41, 5.74) is 0.338. The van der Waals surface area contributed by atoms with E-state index >= 15 is 0 Å². The Bertz CT molecular complexity index is 137. The van der Waals surface area contributed by atoms with E-state index in [-0.39, 0.29) is 0 Å². The molecule has 2 nitrogen and oxygen atoms in total. The van der Waals surface area contributed by atoms with Crippen molar-refractivity contribution in [3.05, 3.63) is 0 Å². The maximum absolute atomic E-state index is 9.09. The summed E-state index contributed by atoms with van der Waals surface area (Å²) in [6, 6.07) is 0. The summed E-state index contributed by atoms with van der Waals surface area (Å²) in [7, 11) is 0. The molecule has 0 aromatic rings. The fraction of sp³-hybridized carbons (Fsp3) is 1.00. The van der Waals surface area contributed by atoms with Gasteiger partial charge < -0.3 is 10.0 Å². The summed E-state index contributed by atoms with van der Waals surface area (Å²) in [5.74, 6) is 0. The zero-order valence-corrected chi connectivity index (χ0v) is 11.1. The van der Waals surface area contributed by atoms with E-state index in [9.17, 15) is 0 Å². The van der Waals surface area contributed by atoms with Gasteiger partial charge in [0.05, 0.1) is 0 Å². The molecule has 0 unspecified atom stereocenters. The van der Waals surface area contributed by atoms with E-state index < -0.39 is 0 Å². The van der Waals surface area contributed by atoms with Crippen LogP contribution in [0.2, 0.25) is 0 Å². The molecule has 1 saturated heterocycles. The van der Waals surface area contributed by atoms with Crippen LogP contribution in [0.5, 0.6) is 0 Å². The Balaban J connectivity index is 0.000000442. The van der Waals surface area contributed by atoms with Crippen LogP contribution in [0.1, 0.15) is 53.4 Å². The minimum atomic E-state index is 0.338. The highest BCUT2D eigenvalue weighted by atomic mass is 16.3. The SMILES string of the molecule is CC.CC.OCC1(CN2CCCC2)CC1. The number of hydrogen-bond donors (Lipinski definition) is 1. The second-order valence-corrected chi connectivity index (χ2v) is 4.14. The van der Waals surface area contributed by atoms with Crippen molar-refractivity contribution in [1.82, 2.24) is 4.90 Å². The molecule has 0 amide bonds. The monoisotopic (exact) mass is 215 g/mol. The molecule has 2 rings (SSSR count). The van der Waals surface area contributed by atoms with Crippen LogP contribution >= 0.6 is 0 Å². The Kier molecular flexibility index (Phi) is 8.07. The second kappa shape index (κ2) is 8.12. The number of aliphatic hydroxyl groups is 1. The van der Waals surface area contributed by atoms with E-state index in [0.29, 0.717) is 12.0 Å². The van der Waals surface area contributed by atoms with Gasteiger partial charge >= 0.3 is 0 Å². The highest BCUT2D eigenvalue weighted by Crippen LogP contribution is 2.45. The third-order valence-electron chi connectivity index (χ3n) is 3.05. The lowest BCUT2D eigenvalue weighted by molar-refractivity contribution is 0.164. The first kappa shape index (κ1) is 14.9. The van der Waals surface area contributed by atoms with E-state index in [4.69, 9.17) is 5.11 Å². The quantitative estimate of drug-likeness (QED) is 0.782. The number of aliphatic hydroxyl groups excluding tert-OH is 1. The zero-order valence-electron chi connectivity index (χ0n) is 11.1. The molecule has 1 heterocycles. The minimum absolute atomic E-state index is 0.338. The lowest BCUT2D eigenvalue weighted by atomic mass is 10.1. The molecule has 0 radical (unpaired) electrons. The Morgan fingerprint density at radius 1 is 1.00 bits per heavy atom. The summed E-state index contributed by atoms with van der Waals surface area (Å²) in [5, 5.41) is 9.09. The molecule has 92 valence electrons. The van der Waals surface area contributed by atoms with Gasteiger partial charge in [0.15, 0.2) is 0 Å². The van der Waals surface area contributed by atoms with Gasteiger partial charge in [-0.1, -0.05) is 27.7 Å². The molecule has 1 aliphatic carbocycles. The van der Waals surface area contributed by atoms with Crippen molar-refractivity contribution in [2.45, 2.75) is 53.4 Å². The van der Waals surface area contributed by atoms with E-state index in [1.165, 1.54) is 38.8 Å². The molecule has 15 heavy (non-hydrogen) atoms. The number of hydrogen-bond acceptors (Lipinski definition) is 2. The van der Waals surface area contributed by atoms with Crippen molar-refractivity contribution in [3.8, 4) is 0 Å². The maximum Gasteiger partial charge on any atom is 0.0499 e. The normalized spacial score (nSPS) is 22.2. The number of nitrogens with zero attached hydrogens (tertiary/aromatic N) is 1. The molecule has 2 heteroatoms. The summed E-state index contributed by atoms with van der Waals surface area (Å²) < 4.78 is 0. The largest absolute Gasteiger partial charge is 0.396 e. The summed E-state index contributed by atoms with van der Waals surface area (Å²) >= 11 is 0. The van der Waals surface area contributed by atoms with Gasteiger partial charge in [-0.05, 0) is 38.8 Å². The zero-order chi connectivity index (χ0) is 11.7. The Labute approximate surface area is 95.7 Å². The summed E-state index contributed by atoms with van der Waals surface area (Å²) in [6.07, 6.45) is 5.23. The number of rotatable bonds is 3. The first-order chi connectivity index (χ1) is 7.35. The molecule has 0 aromatic carbocycles.